The molecule has 0 aliphatic heterocycles. The minimum atomic E-state index is -0.881. The topological polar surface area (TPSA) is 359 Å². The van der Waals surface area contributed by atoms with Crippen LogP contribution < -0.4 is 5.73 Å². The van der Waals surface area contributed by atoms with Crippen LogP contribution in [0, 0.1) is 0 Å². The van der Waals surface area contributed by atoms with Gasteiger partial charge >= 0.3 is 5.97 Å². The van der Waals surface area contributed by atoms with Crippen molar-refractivity contribution in [1.82, 2.24) is 0 Å². The van der Waals surface area contributed by atoms with E-state index in [0.29, 0.717) is 423 Å². The molecule has 102 heavy (non-hydrogen) atoms. The molecule has 0 radical (unpaired) electrons. The van der Waals surface area contributed by atoms with Gasteiger partial charge < -0.3 is 162 Å². The van der Waals surface area contributed by atoms with E-state index in [1.165, 1.54) is 0 Å². The molecule has 0 saturated carbocycles. The maximum atomic E-state index is 10.4. The van der Waals surface area contributed by atoms with Gasteiger partial charge in [-0.3, -0.25) is 4.79 Å². The predicted molar refractivity (Wildman–Crippen MR) is 368 cm³/mol. The fourth-order valence-corrected chi connectivity index (χ4v) is 7.16. The van der Waals surface area contributed by atoms with Crippen molar-refractivity contribution in [3.8, 4) is 0 Å². The van der Waals surface area contributed by atoms with Gasteiger partial charge in [0.1, 0.15) is 0 Å². The Labute approximate surface area is 607 Å². The van der Waals surface area contributed by atoms with Crippen molar-refractivity contribution in [3.05, 3.63) is 0 Å². The lowest BCUT2D eigenvalue weighted by Gasteiger charge is -2.09. The van der Waals surface area contributed by atoms with Crippen molar-refractivity contribution in [1.29, 1.82) is 0 Å². The van der Waals surface area contributed by atoms with Crippen LogP contribution in [0.15, 0.2) is 0 Å². The predicted octanol–water partition coefficient (Wildman–Crippen LogP) is -0.0490. The lowest BCUT2D eigenvalue weighted by atomic mass is 10.5. The second-order valence-electron chi connectivity index (χ2n) is 20.5. The normalized spacial score (nSPS) is 11.8. The Hall–Kier alpha value is -1.85. The van der Waals surface area contributed by atoms with E-state index in [-0.39, 0.29) is 13.0 Å². The standard InChI is InChI=1S/C67H135NO34/c68-2-4-72-6-8-74-10-12-76-14-16-78-18-20-80-22-24-82-26-28-84-30-32-86-34-36-88-38-40-90-42-44-92-46-48-94-50-52-96-54-56-98-58-60-100-62-64-102-66-65-101-63-61-99-59-57-97-55-53-95-51-49-93-47-45-91-43-41-89-39-37-87-35-33-85-31-29-83-27-25-81-23-21-79-19-17-77-15-13-75-11-9-73-7-5-71-3-1-67(69)70/h1-66,68H2,(H,69,70). The van der Waals surface area contributed by atoms with Crippen LogP contribution in [0.1, 0.15) is 6.42 Å². The number of hydrogen-bond acceptors (Lipinski definition) is 34. The average Bonchev–Trinajstić information content (AvgIpc) is 3.66. The highest BCUT2D eigenvalue weighted by Gasteiger charge is 2.03. The van der Waals surface area contributed by atoms with E-state index >= 15 is 0 Å². The van der Waals surface area contributed by atoms with Crippen molar-refractivity contribution in [2.75, 3.05) is 429 Å². The maximum Gasteiger partial charge on any atom is 0.305 e. The molecule has 0 rings (SSSR count). The summed E-state index contributed by atoms with van der Waals surface area (Å²) in [5.74, 6) is -0.881. The molecule has 35 heteroatoms. The number of ether oxygens (including phenoxy) is 32. The molecule has 0 saturated heterocycles. The Bertz CT molecular complexity index is 1490. The average molecular weight is 1500 g/mol. The van der Waals surface area contributed by atoms with Crippen molar-refractivity contribution in [2.45, 2.75) is 6.42 Å². The molecule has 612 valence electrons. The summed E-state index contributed by atoms with van der Waals surface area (Å²) in [6.07, 6.45) is -0.0117. The van der Waals surface area contributed by atoms with Gasteiger partial charge in [-0.05, 0) is 0 Å². The Morgan fingerprint density at radius 3 is 0.275 bits per heavy atom. The zero-order chi connectivity index (χ0) is 72.9. The van der Waals surface area contributed by atoms with Crippen molar-refractivity contribution in [3.63, 3.8) is 0 Å². The minimum absolute atomic E-state index is 0.0117. The van der Waals surface area contributed by atoms with Crippen LogP contribution in [0.2, 0.25) is 0 Å². The molecule has 0 fully saturated rings. The van der Waals surface area contributed by atoms with Crippen LogP contribution in [0.3, 0.4) is 0 Å². The summed E-state index contributed by atoms with van der Waals surface area (Å²) in [6, 6.07) is 0. The summed E-state index contributed by atoms with van der Waals surface area (Å²) in [4.78, 5) is 10.4. The van der Waals surface area contributed by atoms with E-state index < -0.39 is 5.97 Å². The maximum absolute atomic E-state index is 10.4. The molecule has 0 aliphatic rings. The summed E-state index contributed by atoms with van der Waals surface area (Å²) in [5.41, 5.74) is 5.35. The molecule has 0 aromatic heterocycles. The first-order valence-electron chi connectivity index (χ1n) is 36.2. The van der Waals surface area contributed by atoms with E-state index in [1.807, 2.05) is 0 Å². The van der Waals surface area contributed by atoms with Crippen LogP contribution in [0.4, 0.5) is 0 Å². The summed E-state index contributed by atoms with van der Waals surface area (Å²) >= 11 is 0. The second kappa shape index (κ2) is 97.2. The molecular formula is C67H135NO34. The lowest BCUT2D eigenvalue weighted by Crippen LogP contribution is -2.16. The molecular weight excluding hydrogens is 1360 g/mol. The third kappa shape index (κ3) is 98.2. The third-order valence-corrected chi connectivity index (χ3v) is 12.3. The Kier molecular flexibility index (Phi) is 95.4. The van der Waals surface area contributed by atoms with Crippen molar-refractivity contribution < 1.29 is 161 Å². The van der Waals surface area contributed by atoms with E-state index in [2.05, 4.69) is 0 Å². The number of nitrogens with two attached hydrogens (primary N) is 1. The van der Waals surface area contributed by atoms with Crippen LogP contribution >= 0.6 is 0 Å². The first kappa shape index (κ1) is 100. The van der Waals surface area contributed by atoms with E-state index in [4.69, 9.17) is 162 Å². The number of rotatable bonds is 98. The Morgan fingerprint density at radius 2 is 0.206 bits per heavy atom. The first-order valence-corrected chi connectivity index (χ1v) is 36.2. The number of carbonyl (C=O) groups is 1. The monoisotopic (exact) mass is 1500 g/mol. The Balaban J connectivity index is 3.09. The molecule has 0 aromatic carbocycles. The fraction of sp³-hybridized carbons (Fsp3) is 0.985. The lowest BCUT2D eigenvalue weighted by molar-refractivity contribution is -0.138. The van der Waals surface area contributed by atoms with E-state index in [9.17, 15) is 4.79 Å². The molecule has 0 aliphatic carbocycles. The first-order chi connectivity index (χ1) is 50.8. The van der Waals surface area contributed by atoms with Gasteiger partial charge in [0.25, 0.3) is 0 Å². The smallest absolute Gasteiger partial charge is 0.305 e. The van der Waals surface area contributed by atoms with Crippen molar-refractivity contribution >= 4 is 5.97 Å². The number of aliphatic carboxylic acids is 1. The molecule has 0 bridgehead atoms. The molecule has 35 nitrogen and oxygen atoms in total. The van der Waals surface area contributed by atoms with Gasteiger partial charge in [-0.1, -0.05) is 0 Å². The number of hydrogen-bond donors (Lipinski definition) is 2. The van der Waals surface area contributed by atoms with Crippen LogP contribution in [0.25, 0.3) is 0 Å². The zero-order valence-corrected chi connectivity index (χ0v) is 61.7. The zero-order valence-electron chi connectivity index (χ0n) is 61.7. The van der Waals surface area contributed by atoms with Gasteiger partial charge in [0.2, 0.25) is 0 Å². The van der Waals surface area contributed by atoms with E-state index in [0.717, 1.165) is 0 Å². The molecule has 0 amide bonds. The largest absolute Gasteiger partial charge is 0.481 e. The van der Waals surface area contributed by atoms with Gasteiger partial charge in [-0.2, -0.15) is 0 Å². The van der Waals surface area contributed by atoms with Gasteiger partial charge in [0, 0.05) is 6.54 Å². The minimum Gasteiger partial charge on any atom is -0.481 e. The molecule has 0 unspecified atom stereocenters. The molecule has 0 heterocycles. The summed E-state index contributed by atoms with van der Waals surface area (Å²) in [6.45, 7) is 30.9. The van der Waals surface area contributed by atoms with E-state index in [1.54, 1.807) is 0 Å². The van der Waals surface area contributed by atoms with Crippen molar-refractivity contribution in [2.24, 2.45) is 5.73 Å². The molecule has 3 N–H and O–H groups in total. The third-order valence-electron chi connectivity index (χ3n) is 12.3. The van der Waals surface area contributed by atoms with Gasteiger partial charge in [-0.15, -0.1) is 0 Å². The molecule has 0 aromatic rings. The highest BCUT2D eigenvalue weighted by Crippen LogP contribution is 1.94. The van der Waals surface area contributed by atoms with Crippen LogP contribution in [-0.4, -0.2) is 440 Å². The highest BCUT2D eigenvalue weighted by atomic mass is 16.6. The Morgan fingerprint density at radius 1 is 0.137 bits per heavy atom. The number of carboxylic acid groups (broad SMARTS) is 1. The second-order valence-corrected chi connectivity index (χ2v) is 20.5. The SMILES string of the molecule is NCCOCCOCCOCCOCCOCCOCCOCCOCCOCCOCCOCCOCCOCCOCCOCCOCCOCCOCCOCCOCCOCCOCCOCCOCCOCCOCCOCCOCCOCCOCCOCCOCCC(=O)O. The van der Waals surface area contributed by atoms with Crippen LogP contribution in [0.5, 0.6) is 0 Å². The highest BCUT2D eigenvalue weighted by molar-refractivity contribution is 5.66. The molecule has 0 spiro atoms. The fourth-order valence-electron chi connectivity index (χ4n) is 7.16. The molecule has 0 atom stereocenters. The van der Waals surface area contributed by atoms with Gasteiger partial charge in [-0.25, -0.2) is 0 Å². The summed E-state index contributed by atoms with van der Waals surface area (Å²) in [5, 5.41) is 8.53. The van der Waals surface area contributed by atoms with Crippen LogP contribution in [-0.2, 0) is 156 Å². The van der Waals surface area contributed by atoms with Gasteiger partial charge in [0.05, 0.1) is 429 Å². The summed E-state index contributed by atoms with van der Waals surface area (Å²) in [7, 11) is 0. The summed E-state index contributed by atoms with van der Waals surface area (Å²) < 4.78 is 175. The van der Waals surface area contributed by atoms with Gasteiger partial charge in [0.15, 0.2) is 0 Å². The quantitative estimate of drug-likeness (QED) is 0.0754. The number of carboxylic acids is 1.